The summed E-state index contributed by atoms with van der Waals surface area (Å²) in [7, 11) is 0. The fraction of sp³-hybridized carbons (Fsp3) is 0.476. The van der Waals surface area contributed by atoms with Crippen LogP contribution in [0.5, 0.6) is 0 Å². The van der Waals surface area contributed by atoms with Crippen molar-refractivity contribution in [3.8, 4) is 11.1 Å². The highest BCUT2D eigenvalue weighted by Crippen LogP contribution is 2.41. The van der Waals surface area contributed by atoms with Gasteiger partial charge in [0.2, 0.25) is 0 Å². The van der Waals surface area contributed by atoms with Gasteiger partial charge in [-0.25, -0.2) is 0 Å². The molecule has 0 saturated heterocycles. The first-order chi connectivity index (χ1) is 11.3. The maximum atomic E-state index is 13.0. The van der Waals surface area contributed by atoms with Crippen LogP contribution < -0.4 is 0 Å². The van der Waals surface area contributed by atoms with Crippen LogP contribution in [0, 0.1) is 5.41 Å². The summed E-state index contributed by atoms with van der Waals surface area (Å²) in [6, 6.07) is 3.99. The molecule has 0 aromatic carbocycles. The number of ketones is 1. The highest BCUT2D eigenvalue weighted by molar-refractivity contribution is 6.05. The Balaban J connectivity index is 2.37. The number of aromatic nitrogens is 2. The van der Waals surface area contributed by atoms with E-state index in [2.05, 4.69) is 45.7 Å². The van der Waals surface area contributed by atoms with Gasteiger partial charge in [-0.3, -0.25) is 14.8 Å². The molecule has 3 rings (SSSR count). The van der Waals surface area contributed by atoms with E-state index in [-0.39, 0.29) is 11.2 Å². The zero-order chi connectivity index (χ0) is 17.5. The fourth-order valence-corrected chi connectivity index (χ4v) is 3.82. The molecule has 0 N–H and O–H groups in total. The highest BCUT2D eigenvalue weighted by Gasteiger charge is 2.35. The highest BCUT2D eigenvalue weighted by atomic mass is 16.1. The molecule has 3 heteroatoms. The standard InChI is InChI=1S/C21H26N2O/c1-6-15-18(14-8-7-9-22-12-14)19-16(23-20(15)13(2)3)10-21(4,5)11-17(19)24/h7-9,12-13H,6,10-11H2,1-5H3. The van der Waals surface area contributed by atoms with Crippen molar-refractivity contribution in [1.29, 1.82) is 0 Å². The number of pyridine rings is 2. The van der Waals surface area contributed by atoms with Crippen molar-refractivity contribution >= 4 is 5.78 Å². The second-order valence-corrected chi connectivity index (χ2v) is 7.86. The molecular formula is C21H26N2O. The summed E-state index contributed by atoms with van der Waals surface area (Å²) < 4.78 is 0. The summed E-state index contributed by atoms with van der Waals surface area (Å²) in [4.78, 5) is 22.2. The molecule has 0 fully saturated rings. The van der Waals surface area contributed by atoms with E-state index in [4.69, 9.17) is 4.98 Å². The minimum atomic E-state index is -0.0225. The van der Waals surface area contributed by atoms with Crippen molar-refractivity contribution < 1.29 is 4.79 Å². The van der Waals surface area contributed by atoms with E-state index >= 15 is 0 Å². The van der Waals surface area contributed by atoms with Crippen molar-refractivity contribution in [2.45, 2.75) is 59.8 Å². The predicted octanol–water partition coefficient (Wildman–Crippen LogP) is 4.98. The zero-order valence-corrected chi connectivity index (χ0v) is 15.3. The molecule has 0 saturated carbocycles. The number of rotatable bonds is 3. The van der Waals surface area contributed by atoms with Gasteiger partial charge in [0, 0.05) is 41.2 Å². The summed E-state index contributed by atoms with van der Waals surface area (Å²) in [6.07, 6.45) is 5.95. The maximum absolute atomic E-state index is 13.0. The third-order valence-corrected chi connectivity index (χ3v) is 4.82. The molecule has 0 atom stereocenters. The average molecular weight is 322 g/mol. The number of hydrogen-bond acceptors (Lipinski definition) is 3. The molecule has 1 aliphatic carbocycles. The summed E-state index contributed by atoms with van der Waals surface area (Å²) in [5.74, 6) is 0.554. The van der Waals surface area contributed by atoms with Crippen molar-refractivity contribution in [3.63, 3.8) is 0 Å². The van der Waals surface area contributed by atoms with Gasteiger partial charge in [0.15, 0.2) is 5.78 Å². The molecule has 126 valence electrons. The van der Waals surface area contributed by atoms with Crippen LogP contribution in [0.25, 0.3) is 11.1 Å². The summed E-state index contributed by atoms with van der Waals surface area (Å²) >= 11 is 0. The van der Waals surface area contributed by atoms with Gasteiger partial charge in [0.05, 0.1) is 5.69 Å². The van der Waals surface area contributed by atoms with Crippen LogP contribution >= 0.6 is 0 Å². The van der Waals surface area contributed by atoms with Crippen LogP contribution in [0.15, 0.2) is 24.5 Å². The molecule has 2 heterocycles. The lowest BCUT2D eigenvalue weighted by molar-refractivity contribution is 0.0911. The van der Waals surface area contributed by atoms with E-state index in [1.54, 1.807) is 6.20 Å². The van der Waals surface area contributed by atoms with E-state index in [1.165, 1.54) is 5.56 Å². The lowest BCUT2D eigenvalue weighted by Crippen LogP contribution is -2.29. The molecule has 3 nitrogen and oxygen atoms in total. The number of carbonyl (C=O) groups is 1. The Bertz CT molecular complexity index is 776. The Morgan fingerprint density at radius 1 is 1.21 bits per heavy atom. The van der Waals surface area contributed by atoms with Crippen LogP contribution in [-0.4, -0.2) is 15.8 Å². The third kappa shape index (κ3) is 2.88. The first kappa shape index (κ1) is 16.8. The Kier molecular flexibility index (Phi) is 4.29. The Morgan fingerprint density at radius 3 is 2.54 bits per heavy atom. The van der Waals surface area contributed by atoms with Gasteiger partial charge in [-0.15, -0.1) is 0 Å². The molecule has 0 radical (unpaired) electrons. The lowest BCUT2D eigenvalue weighted by Gasteiger charge is -2.32. The molecule has 2 aromatic heterocycles. The third-order valence-electron chi connectivity index (χ3n) is 4.82. The molecule has 0 spiro atoms. The average Bonchev–Trinajstić information content (AvgIpc) is 2.52. The minimum Gasteiger partial charge on any atom is -0.294 e. The van der Waals surface area contributed by atoms with Gasteiger partial charge >= 0.3 is 0 Å². The van der Waals surface area contributed by atoms with Crippen LogP contribution in [-0.2, 0) is 12.8 Å². The summed E-state index contributed by atoms with van der Waals surface area (Å²) in [5, 5.41) is 0. The molecule has 0 unspecified atom stereocenters. The molecule has 1 aliphatic rings. The zero-order valence-electron chi connectivity index (χ0n) is 15.3. The Labute approximate surface area is 144 Å². The van der Waals surface area contributed by atoms with E-state index < -0.39 is 0 Å². The fourth-order valence-electron chi connectivity index (χ4n) is 3.82. The van der Waals surface area contributed by atoms with Crippen molar-refractivity contribution in [1.82, 2.24) is 9.97 Å². The van der Waals surface area contributed by atoms with Crippen molar-refractivity contribution in [3.05, 3.63) is 47.0 Å². The number of Topliss-reactive ketones (excluding diaryl/α,β-unsaturated/α-hetero) is 1. The van der Waals surface area contributed by atoms with Crippen molar-refractivity contribution in [2.75, 3.05) is 0 Å². The van der Waals surface area contributed by atoms with Crippen LogP contribution in [0.3, 0.4) is 0 Å². The van der Waals surface area contributed by atoms with Gasteiger partial charge in [-0.05, 0) is 35.8 Å². The molecule has 0 aliphatic heterocycles. The topological polar surface area (TPSA) is 42.9 Å². The number of fused-ring (bicyclic) bond motifs is 1. The molecule has 0 amide bonds. The normalized spacial score (nSPS) is 16.3. The maximum Gasteiger partial charge on any atom is 0.165 e. The van der Waals surface area contributed by atoms with E-state index in [1.807, 2.05) is 12.3 Å². The molecule has 24 heavy (non-hydrogen) atoms. The van der Waals surface area contributed by atoms with Gasteiger partial charge in [-0.1, -0.05) is 40.7 Å². The quantitative estimate of drug-likeness (QED) is 0.800. The van der Waals surface area contributed by atoms with E-state index in [9.17, 15) is 4.79 Å². The Hall–Kier alpha value is -2.03. The van der Waals surface area contributed by atoms with Gasteiger partial charge in [0.1, 0.15) is 0 Å². The predicted molar refractivity (Wildman–Crippen MR) is 97.4 cm³/mol. The second kappa shape index (κ2) is 6.12. The van der Waals surface area contributed by atoms with E-state index in [0.717, 1.165) is 40.9 Å². The number of hydrogen-bond donors (Lipinski definition) is 0. The number of nitrogens with zero attached hydrogens (tertiary/aromatic N) is 2. The van der Waals surface area contributed by atoms with Gasteiger partial charge in [0.25, 0.3) is 0 Å². The Morgan fingerprint density at radius 2 is 1.96 bits per heavy atom. The lowest BCUT2D eigenvalue weighted by atomic mass is 9.73. The molecule has 0 bridgehead atoms. The van der Waals surface area contributed by atoms with Crippen LogP contribution in [0.2, 0.25) is 0 Å². The minimum absolute atomic E-state index is 0.0225. The van der Waals surface area contributed by atoms with Crippen LogP contribution in [0.4, 0.5) is 0 Å². The first-order valence-corrected chi connectivity index (χ1v) is 8.83. The first-order valence-electron chi connectivity index (χ1n) is 8.83. The summed E-state index contributed by atoms with van der Waals surface area (Å²) in [6.45, 7) is 10.8. The van der Waals surface area contributed by atoms with Gasteiger partial charge in [-0.2, -0.15) is 0 Å². The molecule has 2 aromatic rings. The van der Waals surface area contributed by atoms with Crippen LogP contribution in [0.1, 0.15) is 74.3 Å². The monoisotopic (exact) mass is 322 g/mol. The smallest absolute Gasteiger partial charge is 0.165 e. The van der Waals surface area contributed by atoms with Crippen molar-refractivity contribution in [2.24, 2.45) is 5.41 Å². The largest absolute Gasteiger partial charge is 0.294 e. The van der Waals surface area contributed by atoms with E-state index in [0.29, 0.717) is 12.3 Å². The second-order valence-electron chi connectivity index (χ2n) is 7.86. The SMILES string of the molecule is CCc1c(C(C)C)nc2c(c1-c1cccnc1)C(=O)CC(C)(C)C2. The summed E-state index contributed by atoms with van der Waals surface area (Å²) in [5.41, 5.74) is 6.21. The van der Waals surface area contributed by atoms with Gasteiger partial charge < -0.3 is 0 Å². The number of carbonyl (C=O) groups excluding carboxylic acids is 1. The molecular weight excluding hydrogens is 296 g/mol.